The topological polar surface area (TPSA) is 52.5 Å². The highest BCUT2D eigenvalue weighted by molar-refractivity contribution is 5.31. The molecule has 1 aromatic rings. The van der Waals surface area contributed by atoms with Gasteiger partial charge in [-0.15, -0.1) is 0 Å². The van der Waals surface area contributed by atoms with Crippen LogP contribution in [0.3, 0.4) is 0 Å². The molecule has 0 aliphatic rings. The Bertz CT molecular complexity index is 264. The summed E-state index contributed by atoms with van der Waals surface area (Å²) in [5.74, 6) is 0.292. The van der Waals surface area contributed by atoms with Gasteiger partial charge in [-0.3, -0.25) is 0 Å². The van der Waals surface area contributed by atoms with Crippen LogP contribution < -0.4 is 5.32 Å². The molecule has 0 aromatic heterocycles. The summed E-state index contributed by atoms with van der Waals surface area (Å²) in [5.41, 5.74) is 0.850. The third-order valence-electron chi connectivity index (χ3n) is 1.91. The molecule has 1 aromatic carbocycles. The third-order valence-corrected chi connectivity index (χ3v) is 1.91. The molecule has 0 saturated heterocycles. The van der Waals surface area contributed by atoms with Gasteiger partial charge in [0.15, 0.2) is 0 Å². The van der Waals surface area contributed by atoms with Gasteiger partial charge in [0.05, 0.1) is 6.61 Å². The van der Waals surface area contributed by atoms with E-state index in [0.29, 0.717) is 12.3 Å². The summed E-state index contributed by atoms with van der Waals surface area (Å²) in [6.45, 7) is 6.57. The summed E-state index contributed by atoms with van der Waals surface area (Å²) < 4.78 is 0. The van der Waals surface area contributed by atoms with E-state index in [4.69, 9.17) is 5.11 Å². The summed E-state index contributed by atoms with van der Waals surface area (Å²) in [7, 11) is 0. The van der Waals surface area contributed by atoms with Gasteiger partial charge in [-0.05, 0) is 13.0 Å². The molecule has 0 radical (unpaired) electrons. The number of aliphatic hydroxyl groups is 1. The summed E-state index contributed by atoms with van der Waals surface area (Å²) >= 11 is 0. The van der Waals surface area contributed by atoms with Crippen molar-refractivity contribution >= 4 is 0 Å². The van der Waals surface area contributed by atoms with Crippen LogP contribution in [0.2, 0.25) is 0 Å². The van der Waals surface area contributed by atoms with Crippen molar-refractivity contribution in [1.82, 2.24) is 5.32 Å². The summed E-state index contributed by atoms with van der Waals surface area (Å²) in [6.07, 6.45) is 0. The van der Waals surface area contributed by atoms with Gasteiger partial charge in [-0.2, -0.15) is 0 Å². The van der Waals surface area contributed by atoms with E-state index in [0.717, 1.165) is 5.56 Å². The minimum absolute atomic E-state index is 0.0552. The van der Waals surface area contributed by atoms with Crippen LogP contribution >= 0.6 is 0 Å². The van der Waals surface area contributed by atoms with Gasteiger partial charge < -0.3 is 15.5 Å². The summed E-state index contributed by atoms with van der Waals surface area (Å²) in [6, 6.07) is 7.22. The first-order valence-electron chi connectivity index (χ1n) is 5.35. The highest BCUT2D eigenvalue weighted by Crippen LogP contribution is 2.14. The first-order valence-corrected chi connectivity index (χ1v) is 5.35. The zero-order valence-corrected chi connectivity index (χ0v) is 9.70. The number of phenols is 1. The van der Waals surface area contributed by atoms with Crippen molar-refractivity contribution in [2.24, 2.45) is 0 Å². The molecule has 0 aliphatic heterocycles. The first kappa shape index (κ1) is 13.9. The number of hydrogen-bond acceptors (Lipinski definition) is 3. The van der Waals surface area contributed by atoms with Crippen LogP contribution in [0.15, 0.2) is 24.3 Å². The molecule has 3 N–H and O–H groups in total. The van der Waals surface area contributed by atoms with Crippen molar-refractivity contribution < 1.29 is 10.2 Å². The Morgan fingerprint density at radius 1 is 1.27 bits per heavy atom. The number of benzene rings is 1. The van der Waals surface area contributed by atoms with Crippen LogP contribution in [0.25, 0.3) is 0 Å². The van der Waals surface area contributed by atoms with Crippen molar-refractivity contribution in [2.75, 3.05) is 6.61 Å². The van der Waals surface area contributed by atoms with Gasteiger partial charge in [0, 0.05) is 18.2 Å². The Hall–Kier alpha value is -1.06. The van der Waals surface area contributed by atoms with Gasteiger partial charge in [-0.1, -0.05) is 32.0 Å². The van der Waals surface area contributed by atoms with E-state index in [1.807, 2.05) is 32.9 Å². The molecule has 3 nitrogen and oxygen atoms in total. The summed E-state index contributed by atoms with van der Waals surface area (Å²) in [5, 5.41) is 21.2. The summed E-state index contributed by atoms with van der Waals surface area (Å²) in [4.78, 5) is 0. The van der Waals surface area contributed by atoms with E-state index < -0.39 is 0 Å². The van der Waals surface area contributed by atoms with Crippen LogP contribution in [0.5, 0.6) is 5.75 Å². The molecule has 0 aliphatic carbocycles. The Labute approximate surface area is 91.8 Å². The predicted octanol–water partition coefficient (Wildman–Crippen LogP) is 1.89. The lowest BCUT2D eigenvalue weighted by Crippen LogP contribution is -2.28. The highest BCUT2D eigenvalue weighted by atomic mass is 16.3. The second kappa shape index (κ2) is 8.26. The lowest BCUT2D eigenvalue weighted by atomic mass is 10.2. The van der Waals surface area contributed by atoms with Crippen LogP contribution in [0.4, 0.5) is 0 Å². The standard InChI is InChI=1S/C10H15NO2.C2H6/c1-8(7-12)11-6-9-4-2-3-5-10(9)13;1-2/h2-5,8,11-13H,6-7H2,1H3;1-2H3. The molecule has 0 heterocycles. The fraction of sp³-hybridized carbons (Fsp3) is 0.500. The Balaban J connectivity index is 0.000000921. The van der Waals surface area contributed by atoms with E-state index in [-0.39, 0.29) is 12.6 Å². The molecule has 15 heavy (non-hydrogen) atoms. The predicted molar refractivity (Wildman–Crippen MR) is 62.8 cm³/mol. The zero-order chi connectivity index (χ0) is 11.7. The largest absolute Gasteiger partial charge is 0.508 e. The molecule has 86 valence electrons. The molecule has 3 heteroatoms. The number of para-hydroxylation sites is 1. The first-order chi connectivity index (χ1) is 7.24. The lowest BCUT2D eigenvalue weighted by molar-refractivity contribution is 0.250. The third kappa shape index (κ3) is 5.40. The quantitative estimate of drug-likeness (QED) is 0.713. The van der Waals surface area contributed by atoms with Crippen LogP contribution in [-0.2, 0) is 6.54 Å². The molecular weight excluding hydrogens is 190 g/mol. The number of nitrogens with one attached hydrogen (secondary N) is 1. The van der Waals surface area contributed by atoms with Crippen molar-refractivity contribution in [1.29, 1.82) is 0 Å². The van der Waals surface area contributed by atoms with E-state index in [2.05, 4.69) is 5.32 Å². The fourth-order valence-corrected chi connectivity index (χ4v) is 1.01. The highest BCUT2D eigenvalue weighted by Gasteiger charge is 2.01. The van der Waals surface area contributed by atoms with Crippen LogP contribution in [-0.4, -0.2) is 22.9 Å². The van der Waals surface area contributed by atoms with Gasteiger partial charge in [0.1, 0.15) is 5.75 Å². The average molecular weight is 211 g/mol. The van der Waals surface area contributed by atoms with Crippen molar-refractivity contribution in [3.05, 3.63) is 29.8 Å². The number of rotatable bonds is 4. The maximum Gasteiger partial charge on any atom is 0.120 e. The van der Waals surface area contributed by atoms with Crippen LogP contribution in [0, 0.1) is 0 Å². The Morgan fingerprint density at radius 2 is 1.87 bits per heavy atom. The van der Waals surface area contributed by atoms with Gasteiger partial charge >= 0.3 is 0 Å². The van der Waals surface area contributed by atoms with Crippen molar-refractivity contribution in [3.8, 4) is 5.75 Å². The van der Waals surface area contributed by atoms with Gasteiger partial charge in [0.2, 0.25) is 0 Å². The molecule has 1 atom stereocenters. The smallest absolute Gasteiger partial charge is 0.120 e. The monoisotopic (exact) mass is 211 g/mol. The maximum absolute atomic E-state index is 9.39. The number of aromatic hydroxyl groups is 1. The molecule has 0 bridgehead atoms. The second-order valence-electron chi connectivity index (χ2n) is 3.09. The van der Waals surface area contributed by atoms with Crippen LogP contribution in [0.1, 0.15) is 26.3 Å². The normalized spacial score (nSPS) is 11.5. The molecule has 0 amide bonds. The second-order valence-corrected chi connectivity index (χ2v) is 3.09. The number of phenolic OH excluding ortho intramolecular Hbond substituents is 1. The van der Waals surface area contributed by atoms with E-state index in [9.17, 15) is 5.11 Å². The molecule has 0 spiro atoms. The average Bonchev–Trinajstić information content (AvgIpc) is 2.30. The maximum atomic E-state index is 9.39. The number of hydrogen-bond donors (Lipinski definition) is 3. The fourth-order valence-electron chi connectivity index (χ4n) is 1.01. The minimum Gasteiger partial charge on any atom is -0.508 e. The Morgan fingerprint density at radius 3 is 2.40 bits per heavy atom. The minimum atomic E-state index is 0.0552. The molecule has 1 unspecified atom stereocenters. The molecular formula is C12H21NO2. The van der Waals surface area contributed by atoms with E-state index >= 15 is 0 Å². The van der Waals surface area contributed by atoms with Crippen molar-refractivity contribution in [3.63, 3.8) is 0 Å². The van der Waals surface area contributed by atoms with Gasteiger partial charge in [-0.25, -0.2) is 0 Å². The van der Waals surface area contributed by atoms with Gasteiger partial charge in [0.25, 0.3) is 0 Å². The van der Waals surface area contributed by atoms with Crippen molar-refractivity contribution in [2.45, 2.75) is 33.4 Å². The number of aliphatic hydroxyl groups excluding tert-OH is 1. The molecule has 0 saturated carbocycles. The van der Waals surface area contributed by atoms with E-state index in [1.54, 1.807) is 12.1 Å². The molecule has 0 fully saturated rings. The van der Waals surface area contributed by atoms with E-state index in [1.165, 1.54) is 0 Å². The Kier molecular flexibility index (Phi) is 7.68. The molecule has 1 rings (SSSR count). The lowest BCUT2D eigenvalue weighted by Gasteiger charge is -2.11. The zero-order valence-electron chi connectivity index (χ0n) is 9.70. The SMILES string of the molecule is CC.CC(CO)NCc1ccccc1O.